The molecule has 3 heteroatoms. The number of hydrogen-bond donors (Lipinski definition) is 0. The van der Waals surface area contributed by atoms with Crippen LogP contribution in [0, 0.1) is 0 Å². The van der Waals surface area contributed by atoms with E-state index in [9.17, 15) is 0 Å². The van der Waals surface area contributed by atoms with Crippen molar-refractivity contribution in [3.63, 3.8) is 0 Å². The Morgan fingerprint density at radius 3 is 1.41 bits per heavy atom. The van der Waals surface area contributed by atoms with Crippen LogP contribution in [-0.2, 0) is 0 Å². The van der Waals surface area contributed by atoms with Crippen LogP contribution >= 0.6 is 0 Å². The van der Waals surface area contributed by atoms with Gasteiger partial charge >= 0.3 is 0 Å². The zero-order chi connectivity index (χ0) is 40.3. The first-order chi connectivity index (χ1) is 30.2. The Bertz CT molecular complexity index is 3520. The van der Waals surface area contributed by atoms with Gasteiger partial charge in [-0.25, -0.2) is 0 Å². The average molecular weight is 779 g/mol. The van der Waals surface area contributed by atoms with Crippen molar-refractivity contribution in [3.05, 3.63) is 231 Å². The number of benzene rings is 10. The van der Waals surface area contributed by atoms with Gasteiger partial charge in [0, 0.05) is 44.3 Å². The summed E-state index contributed by atoms with van der Waals surface area (Å²) in [5.74, 6) is 0. The van der Waals surface area contributed by atoms with Crippen LogP contribution in [0.3, 0.4) is 0 Å². The molecule has 0 fully saturated rings. The van der Waals surface area contributed by atoms with Crippen molar-refractivity contribution in [2.75, 3.05) is 4.90 Å². The van der Waals surface area contributed by atoms with E-state index >= 15 is 0 Å². The first-order valence-electron chi connectivity index (χ1n) is 20.8. The minimum Gasteiger partial charge on any atom is -0.456 e. The molecule has 0 aliphatic rings. The molecule has 61 heavy (non-hydrogen) atoms. The third-order valence-electron chi connectivity index (χ3n) is 12.2. The second kappa shape index (κ2) is 14.3. The van der Waals surface area contributed by atoms with Crippen LogP contribution in [0.1, 0.15) is 0 Å². The Morgan fingerprint density at radius 2 is 0.770 bits per heavy atom. The van der Waals surface area contributed by atoms with Gasteiger partial charge in [-0.05, 0) is 129 Å². The summed E-state index contributed by atoms with van der Waals surface area (Å²) in [7, 11) is 0. The fourth-order valence-corrected chi connectivity index (χ4v) is 9.16. The molecule has 0 radical (unpaired) electrons. The summed E-state index contributed by atoms with van der Waals surface area (Å²) in [5, 5.41) is 7.28. The van der Waals surface area contributed by atoms with Crippen LogP contribution in [0.15, 0.2) is 235 Å². The second-order valence-electron chi connectivity index (χ2n) is 15.8. The standard InChI is InChI=1S/C58H38N2O/c1-2-11-43-36-45(21-20-39(43)10-1)41-24-31-48(32-25-41)59(49-33-26-42(27-34-49)46-28-35-58-54(38-46)53-16-5-8-19-57(53)61-58)47-29-22-40(23-30-47)44-12-9-13-50(37-44)60-55-17-6-3-14-51(55)52-15-4-7-18-56(52)60/h1-38H. The molecule has 0 unspecified atom stereocenters. The van der Waals surface area contributed by atoms with Crippen molar-refractivity contribution in [1.82, 2.24) is 4.57 Å². The van der Waals surface area contributed by atoms with Crippen LogP contribution < -0.4 is 4.90 Å². The smallest absolute Gasteiger partial charge is 0.135 e. The lowest BCUT2D eigenvalue weighted by Crippen LogP contribution is -2.09. The van der Waals surface area contributed by atoms with E-state index in [2.05, 4.69) is 228 Å². The zero-order valence-corrected chi connectivity index (χ0v) is 33.2. The number of furan rings is 1. The number of para-hydroxylation sites is 3. The van der Waals surface area contributed by atoms with Gasteiger partial charge in [0.05, 0.1) is 11.0 Å². The predicted octanol–water partition coefficient (Wildman–Crippen LogP) is 16.3. The molecule has 2 aromatic heterocycles. The van der Waals surface area contributed by atoms with Gasteiger partial charge in [0.2, 0.25) is 0 Å². The van der Waals surface area contributed by atoms with Gasteiger partial charge in [0.25, 0.3) is 0 Å². The minimum atomic E-state index is 0.904. The van der Waals surface area contributed by atoms with Gasteiger partial charge in [-0.3, -0.25) is 0 Å². The zero-order valence-electron chi connectivity index (χ0n) is 33.2. The van der Waals surface area contributed by atoms with E-state index in [1.165, 1.54) is 49.3 Å². The summed E-state index contributed by atoms with van der Waals surface area (Å²) in [4.78, 5) is 2.35. The number of rotatable bonds is 7. The normalized spacial score (nSPS) is 11.6. The van der Waals surface area contributed by atoms with E-state index in [4.69, 9.17) is 4.42 Å². The Labute approximate surface area is 353 Å². The maximum atomic E-state index is 6.13. The summed E-state index contributed by atoms with van der Waals surface area (Å²) >= 11 is 0. The predicted molar refractivity (Wildman–Crippen MR) is 257 cm³/mol. The summed E-state index contributed by atoms with van der Waals surface area (Å²) in [6.45, 7) is 0. The molecule has 12 aromatic rings. The maximum Gasteiger partial charge on any atom is 0.135 e. The SMILES string of the molecule is c1cc(-c2ccc(N(c3ccc(-c4ccc5ccccc5c4)cc3)c3ccc(-c4ccc5oc6ccccc6c5c4)cc3)cc2)cc(-n2c3ccccc3c3ccccc32)c1. The van der Waals surface area contributed by atoms with E-state index in [0.29, 0.717) is 0 Å². The molecule has 286 valence electrons. The van der Waals surface area contributed by atoms with E-state index < -0.39 is 0 Å². The van der Waals surface area contributed by atoms with Crippen molar-refractivity contribution in [2.45, 2.75) is 0 Å². The van der Waals surface area contributed by atoms with Gasteiger partial charge in [-0.1, -0.05) is 146 Å². The fourth-order valence-electron chi connectivity index (χ4n) is 9.16. The van der Waals surface area contributed by atoms with Crippen LogP contribution in [0.4, 0.5) is 17.1 Å². The number of nitrogens with zero attached hydrogens (tertiary/aromatic N) is 2. The fraction of sp³-hybridized carbons (Fsp3) is 0. The lowest BCUT2D eigenvalue weighted by Gasteiger charge is -2.26. The van der Waals surface area contributed by atoms with E-state index in [1.807, 2.05) is 12.1 Å². The van der Waals surface area contributed by atoms with Gasteiger partial charge < -0.3 is 13.9 Å². The monoisotopic (exact) mass is 778 g/mol. The topological polar surface area (TPSA) is 21.3 Å². The van der Waals surface area contributed by atoms with E-state index in [1.54, 1.807) is 0 Å². The van der Waals surface area contributed by atoms with Crippen LogP contribution in [-0.4, -0.2) is 4.57 Å². The highest BCUT2D eigenvalue weighted by atomic mass is 16.3. The molecule has 0 atom stereocenters. The van der Waals surface area contributed by atoms with Crippen molar-refractivity contribution in [2.24, 2.45) is 0 Å². The molecule has 0 N–H and O–H groups in total. The van der Waals surface area contributed by atoms with Crippen molar-refractivity contribution in [3.8, 4) is 39.1 Å². The Kier molecular flexibility index (Phi) is 8.17. The molecule has 0 saturated heterocycles. The summed E-state index contributed by atoms with van der Waals surface area (Å²) in [6.07, 6.45) is 0. The minimum absolute atomic E-state index is 0.904. The highest BCUT2D eigenvalue weighted by Crippen LogP contribution is 2.40. The summed E-state index contributed by atoms with van der Waals surface area (Å²) < 4.78 is 8.51. The van der Waals surface area contributed by atoms with E-state index in [0.717, 1.165) is 61.4 Å². The Balaban J connectivity index is 0.916. The lowest BCUT2D eigenvalue weighted by atomic mass is 10.00. The Hall–Kier alpha value is -8.14. The van der Waals surface area contributed by atoms with Gasteiger partial charge in [-0.2, -0.15) is 0 Å². The van der Waals surface area contributed by atoms with Crippen molar-refractivity contribution >= 4 is 71.6 Å². The molecular formula is C58H38N2O. The van der Waals surface area contributed by atoms with Crippen LogP contribution in [0.25, 0.3) is 93.6 Å². The van der Waals surface area contributed by atoms with Gasteiger partial charge in [0.1, 0.15) is 11.2 Å². The number of anilines is 3. The molecule has 0 spiro atoms. The number of fused-ring (bicyclic) bond motifs is 7. The molecule has 0 aliphatic carbocycles. The molecule has 10 aromatic carbocycles. The molecule has 12 rings (SSSR count). The molecule has 2 heterocycles. The molecule has 0 bridgehead atoms. The number of aromatic nitrogens is 1. The summed E-state index contributed by atoms with van der Waals surface area (Å²) in [5.41, 5.74) is 15.7. The quantitative estimate of drug-likeness (QED) is 0.161. The second-order valence-corrected chi connectivity index (χ2v) is 15.8. The van der Waals surface area contributed by atoms with Gasteiger partial charge in [0.15, 0.2) is 0 Å². The molecular weight excluding hydrogens is 741 g/mol. The summed E-state index contributed by atoms with van der Waals surface area (Å²) in [6, 6.07) is 83.0. The van der Waals surface area contributed by atoms with Crippen LogP contribution in [0.5, 0.6) is 0 Å². The first-order valence-corrected chi connectivity index (χ1v) is 20.8. The lowest BCUT2D eigenvalue weighted by molar-refractivity contribution is 0.669. The number of hydrogen-bond acceptors (Lipinski definition) is 2. The average Bonchev–Trinajstić information content (AvgIpc) is 3.88. The van der Waals surface area contributed by atoms with Crippen molar-refractivity contribution < 1.29 is 4.42 Å². The molecule has 0 aliphatic heterocycles. The largest absolute Gasteiger partial charge is 0.456 e. The molecule has 3 nitrogen and oxygen atoms in total. The van der Waals surface area contributed by atoms with Crippen LogP contribution in [0.2, 0.25) is 0 Å². The first kappa shape index (κ1) is 34.9. The molecule has 0 saturated carbocycles. The highest BCUT2D eigenvalue weighted by Gasteiger charge is 2.16. The Morgan fingerprint density at radius 1 is 0.295 bits per heavy atom. The third-order valence-corrected chi connectivity index (χ3v) is 12.2. The molecule has 0 amide bonds. The highest BCUT2D eigenvalue weighted by molar-refractivity contribution is 6.09. The van der Waals surface area contributed by atoms with Crippen molar-refractivity contribution in [1.29, 1.82) is 0 Å². The maximum absolute atomic E-state index is 6.13. The van der Waals surface area contributed by atoms with E-state index in [-0.39, 0.29) is 0 Å². The van der Waals surface area contributed by atoms with Gasteiger partial charge in [-0.15, -0.1) is 0 Å². The third kappa shape index (κ3) is 6.06.